The summed E-state index contributed by atoms with van der Waals surface area (Å²) < 4.78 is 27.5. The van der Waals surface area contributed by atoms with E-state index < -0.39 is 17.4 Å². The van der Waals surface area contributed by atoms with E-state index in [9.17, 15) is 13.6 Å². The monoisotopic (exact) mass is 274 g/mol. The molecule has 94 valence electrons. The van der Waals surface area contributed by atoms with Crippen molar-refractivity contribution in [1.29, 1.82) is 0 Å². The maximum absolute atomic E-state index is 13.6. The van der Waals surface area contributed by atoms with Gasteiger partial charge in [-0.3, -0.25) is 4.79 Å². The Kier molecular flexibility index (Phi) is 2.87. The van der Waals surface area contributed by atoms with E-state index in [1.54, 1.807) is 5.38 Å². The highest BCUT2D eigenvalue weighted by Crippen LogP contribution is 2.28. The molecule has 3 aromatic rings. The number of halogens is 2. The van der Waals surface area contributed by atoms with Crippen LogP contribution in [0.25, 0.3) is 10.1 Å². The van der Waals surface area contributed by atoms with Gasteiger partial charge in [-0.15, -0.1) is 11.3 Å². The molecule has 1 aromatic heterocycles. The van der Waals surface area contributed by atoms with Gasteiger partial charge in [0.15, 0.2) is 5.78 Å². The summed E-state index contributed by atoms with van der Waals surface area (Å²) >= 11 is 1.43. The zero-order chi connectivity index (χ0) is 13.4. The molecule has 0 spiro atoms. The highest BCUT2D eigenvalue weighted by molar-refractivity contribution is 7.17. The Morgan fingerprint density at radius 2 is 1.79 bits per heavy atom. The van der Waals surface area contributed by atoms with Crippen molar-refractivity contribution < 1.29 is 13.6 Å². The summed E-state index contributed by atoms with van der Waals surface area (Å²) in [5.74, 6) is -1.94. The normalized spacial score (nSPS) is 10.8. The van der Waals surface area contributed by atoms with Crippen LogP contribution in [0.5, 0.6) is 0 Å². The van der Waals surface area contributed by atoms with Gasteiger partial charge in [0.05, 0.1) is 5.56 Å². The van der Waals surface area contributed by atoms with E-state index in [0.29, 0.717) is 5.56 Å². The summed E-state index contributed by atoms with van der Waals surface area (Å²) in [6.07, 6.45) is 0. The van der Waals surface area contributed by atoms with Gasteiger partial charge >= 0.3 is 0 Å². The Morgan fingerprint density at radius 3 is 2.58 bits per heavy atom. The largest absolute Gasteiger partial charge is 0.288 e. The lowest BCUT2D eigenvalue weighted by Crippen LogP contribution is -2.03. The maximum atomic E-state index is 13.6. The number of hydrogen-bond acceptors (Lipinski definition) is 2. The Morgan fingerprint density at radius 1 is 1.00 bits per heavy atom. The second-order valence-electron chi connectivity index (χ2n) is 4.10. The molecule has 3 rings (SSSR count). The van der Waals surface area contributed by atoms with Crippen molar-refractivity contribution in [3.05, 3.63) is 70.6 Å². The predicted molar refractivity (Wildman–Crippen MR) is 71.6 cm³/mol. The highest BCUT2D eigenvalue weighted by Gasteiger charge is 2.17. The summed E-state index contributed by atoms with van der Waals surface area (Å²) in [6.45, 7) is 0. The molecule has 0 bridgehead atoms. The fourth-order valence-corrected chi connectivity index (χ4v) is 2.91. The van der Waals surface area contributed by atoms with E-state index in [1.807, 2.05) is 24.3 Å². The van der Waals surface area contributed by atoms with Gasteiger partial charge in [0.2, 0.25) is 0 Å². The molecule has 0 fully saturated rings. The van der Waals surface area contributed by atoms with Gasteiger partial charge in [0.1, 0.15) is 11.6 Å². The second-order valence-corrected chi connectivity index (χ2v) is 5.01. The first-order valence-electron chi connectivity index (χ1n) is 5.63. The molecule has 0 aliphatic carbocycles. The molecule has 0 N–H and O–H groups in total. The molecule has 0 atom stereocenters. The van der Waals surface area contributed by atoms with E-state index in [2.05, 4.69) is 0 Å². The molecule has 4 heteroatoms. The van der Waals surface area contributed by atoms with Crippen molar-refractivity contribution in [1.82, 2.24) is 0 Å². The van der Waals surface area contributed by atoms with Crippen LogP contribution in [-0.4, -0.2) is 5.78 Å². The molecular formula is C15H8F2OS. The van der Waals surface area contributed by atoms with Crippen molar-refractivity contribution >= 4 is 27.2 Å². The zero-order valence-electron chi connectivity index (χ0n) is 9.69. The Labute approximate surface area is 112 Å². The molecule has 0 aliphatic rings. The van der Waals surface area contributed by atoms with Gasteiger partial charge in [0, 0.05) is 27.1 Å². The summed E-state index contributed by atoms with van der Waals surface area (Å²) in [4.78, 5) is 12.3. The number of hydrogen-bond donors (Lipinski definition) is 0. The van der Waals surface area contributed by atoms with Crippen LogP contribution < -0.4 is 0 Å². The molecule has 1 heterocycles. The van der Waals surface area contributed by atoms with Crippen LogP contribution in [-0.2, 0) is 0 Å². The van der Waals surface area contributed by atoms with Crippen LogP contribution >= 0.6 is 11.3 Å². The molecule has 0 aliphatic heterocycles. The zero-order valence-corrected chi connectivity index (χ0v) is 10.5. The topological polar surface area (TPSA) is 17.1 Å². The van der Waals surface area contributed by atoms with Gasteiger partial charge in [-0.1, -0.05) is 18.2 Å². The van der Waals surface area contributed by atoms with Gasteiger partial charge in [-0.25, -0.2) is 8.78 Å². The molecule has 0 amide bonds. The molecule has 0 radical (unpaired) electrons. The van der Waals surface area contributed by atoms with Crippen molar-refractivity contribution in [2.24, 2.45) is 0 Å². The van der Waals surface area contributed by atoms with Crippen LogP contribution in [0.1, 0.15) is 15.9 Å². The van der Waals surface area contributed by atoms with Crippen molar-refractivity contribution in [3.8, 4) is 0 Å². The fourth-order valence-electron chi connectivity index (χ4n) is 1.97. The Balaban J connectivity index is 2.13. The van der Waals surface area contributed by atoms with Crippen LogP contribution in [0.4, 0.5) is 8.78 Å². The lowest BCUT2D eigenvalue weighted by atomic mass is 10.0. The Hall–Kier alpha value is -2.07. The first kappa shape index (κ1) is 12.0. The van der Waals surface area contributed by atoms with Gasteiger partial charge < -0.3 is 0 Å². The number of ketones is 1. The SMILES string of the molecule is O=C(c1ccc(F)cc1F)c1csc2ccccc12. The minimum absolute atomic E-state index is 0.107. The number of thiophene rings is 1. The number of benzene rings is 2. The first-order valence-corrected chi connectivity index (χ1v) is 6.51. The molecule has 0 unspecified atom stereocenters. The fraction of sp³-hybridized carbons (Fsp3) is 0. The third-order valence-electron chi connectivity index (χ3n) is 2.90. The molecule has 2 aromatic carbocycles. The van der Waals surface area contributed by atoms with E-state index in [-0.39, 0.29) is 5.56 Å². The number of fused-ring (bicyclic) bond motifs is 1. The number of carbonyl (C=O) groups is 1. The van der Waals surface area contributed by atoms with Crippen LogP contribution in [0.15, 0.2) is 47.8 Å². The van der Waals surface area contributed by atoms with Crippen LogP contribution in [0.3, 0.4) is 0 Å². The van der Waals surface area contributed by atoms with Crippen LogP contribution in [0, 0.1) is 11.6 Å². The quantitative estimate of drug-likeness (QED) is 0.633. The molecule has 0 saturated carbocycles. The minimum Gasteiger partial charge on any atom is -0.288 e. The molecule has 1 nitrogen and oxygen atoms in total. The van der Waals surface area contributed by atoms with Gasteiger partial charge in [-0.2, -0.15) is 0 Å². The summed E-state index contributed by atoms with van der Waals surface area (Å²) in [5, 5.41) is 2.50. The Bertz CT molecular complexity index is 777. The minimum atomic E-state index is -0.833. The standard InChI is InChI=1S/C15H8F2OS/c16-9-5-6-11(13(17)7-9)15(18)12-8-19-14-4-2-1-3-10(12)14/h1-8H. The smallest absolute Gasteiger partial charge is 0.197 e. The molecular weight excluding hydrogens is 266 g/mol. The number of carbonyl (C=O) groups excluding carboxylic acids is 1. The van der Waals surface area contributed by atoms with Crippen molar-refractivity contribution in [2.45, 2.75) is 0 Å². The lowest BCUT2D eigenvalue weighted by Gasteiger charge is -2.02. The van der Waals surface area contributed by atoms with E-state index in [0.717, 1.165) is 22.2 Å². The van der Waals surface area contributed by atoms with Gasteiger partial charge in [0.25, 0.3) is 0 Å². The van der Waals surface area contributed by atoms with Crippen LogP contribution in [0.2, 0.25) is 0 Å². The average molecular weight is 274 g/mol. The predicted octanol–water partition coefficient (Wildman–Crippen LogP) is 4.41. The van der Waals surface area contributed by atoms with Crippen molar-refractivity contribution in [3.63, 3.8) is 0 Å². The molecule has 0 saturated heterocycles. The second kappa shape index (κ2) is 4.55. The highest BCUT2D eigenvalue weighted by atomic mass is 32.1. The molecule has 19 heavy (non-hydrogen) atoms. The van der Waals surface area contributed by atoms with Crippen molar-refractivity contribution in [2.75, 3.05) is 0 Å². The van der Waals surface area contributed by atoms with E-state index in [1.165, 1.54) is 17.4 Å². The van der Waals surface area contributed by atoms with E-state index in [4.69, 9.17) is 0 Å². The average Bonchev–Trinajstić information content (AvgIpc) is 2.82. The summed E-state index contributed by atoms with van der Waals surface area (Å²) in [5.41, 5.74) is 0.344. The summed E-state index contributed by atoms with van der Waals surface area (Å²) in [6, 6.07) is 10.4. The third kappa shape index (κ3) is 2.04. The maximum Gasteiger partial charge on any atom is 0.197 e. The number of rotatable bonds is 2. The first-order chi connectivity index (χ1) is 9.16. The van der Waals surface area contributed by atoms with Gasteiger partial charge in [-0.05, 0) is 18.2 Å². The third-order valence-corrected chi connectivity index (χ3v) is 3.86. The van der Waals surface area contributed by atoms with E-state index >= 15 is 0 Å². The summed E-state index contributed by atoms with van der Waals surface area (Å²) in [7, 11) is 0. The lowest BCUT2D eigenvalue weighted by molar-refractivity contribution is 0.103.